The number of hydrogen-bond acceptors (Lipinski definition) is 5. The van der Waals surface area contributed by atoms with Crippen molar-refractivity contribution < 1.29 is 19.0 Å². The van der Waals surface area contributed by atoms with Gasteiger partial charge in [0.05, 0.1) is 24.2 Å². The topological polar surface area (TPSA) is 74.6 Å². The summed E-state index contributed by atoms with van der Waals surface area (Å²) in [7, 11) is 0. The van der Waals surface area contributed by atoms with E-state index in [-0.39, 0.29) is 12.5 Å². The highest BCUT2D eigenvalue weighted by Crippen LogP contribution is 2.26. The molecule has 7 nitrogen and oxygen atoms in total. The Morgan fingerprint density at radius 3 is 2.47 bits per heavy atom. The van der Waals surface area contributed by atoms with Gasteiger partial charge in [-0.3, -0.25) is 4.79 Å². The summed E-state index contributed by atoms with van der Waals surface area (Å²) in [6, 6.07) is 21.7. The van der Waals surface area contributed by atoms with Crippen molar-refractivity contribution in [2.45, 2.75) is 33.7 Å². The Morgan fingerprint density at radius 1 is 0.917 bits per heavy atom. The number of benzene rings is 3. The van der Waals surface area contributed by atoms with E-state index < -0.39 is 0 Å². The zero-order valence-electron chi connectivity index (χ0n) is 21.1. The van der Waals surface area contributed by atoms with Crippen LogP contribution in [0, 0.1) is 13.8 Å². The second kappa shape index (κ2) is 12.1. The van der Waals surface area contributed by atoms with Gasteiger partial charge in [-0.2, -0.15) is 0 Å². The number of carbonyl (C=O) groups is 1. The average molecular weight is 488 g/mol. The molecule has 1 amide bonds. The van der Waals surface area contributed by atoms with E-state index in [4.69, 9.17) is 19.2 Å². The first-order chi connectivity index (χ1) is 17.5. The summed E-state index contributed by atoms with van der Waals surface area (Å²) in [5.74, 6) is 2.93. The number of fused-ring (bicyclic) bond motifs is 1. The summed E-state index contributed by atoms with van der Waals surface area (Å²) in [4.78, 5) is 17.2. The third-order valence-corrected chi connectivity index (χ3v) is 5.83. The van der Waals surface area contributed by atoms with Crippen molar-refractivity contribution in [3.05, 3.63) is 83.7 Å². The molecule has 0 aliphatic carbocycles. The van der Waals surface area contributed by atoms with Gasteiger partial charge in [-0.05, 0) is 62.2 Å². The van der Waals surface area contributed by atoms with Crippen LogP contribution in [0.4, 0.5) is 0 Å². The zero-order chi connectivity index (χ0) is 25.3. The van der Waals surface area contributed by atoms with Gasteiger partial charge in [0, 0.05) is 13.0 Å². The van der Waals surface area contributed by atoms with E-state index >= 15 is 0 Å². The monoisotopic (exact) mass is 487 g/mol. The summed E-state index contributed by atoms with van der Waals surface area (Å²) in [6.07, 6.45) is 0.597. The van der Waals surface area contributed by atoms with Crippen molar-refractivity contribution in [3.63, 3.8) is 0 Å². The fraction of sp³-hybridized carbons (Fsp3) is 0.310. The quantitative estimate of drug-likeness (QED) is 0.309. The minimum Gasteiger partial charge on any atom is -0.490 e. The van der Waals surface area contributed by atoms with Crippen LogP contribution in [0.3, 0.4) is 0 Å². The van der Waals surface area contributed by atoms with Crippen LogP contribution >= 0.6 is 0 Å². The van der Waals surface area contributed by atoms with Crippen LogP contribution in [-0.4, -0.2) is 41.8 Å². The summed E-state index contributed by atoms with van der Waals surface area (Å²) < 4.78 is 19.6. The molecule has 4 aromatic rings. The van der Waals surface area contributed by atoms with Crippen LogP contribution < -0.4 is 19.5 Å². The molecule has 0 fully saturated rings. The first-order valence-electron chi connectivity index (χ1n) is 12.3. The number of amides is 1. The summed E-state index contributed by atoms with van der Waals surface area (Å²) in [5.41, 5.74) is 4.07. The third kappa shape index (κ3) is 6.36. The molecular formula is C29H33N3O4. The molecule has 7 heteroatoms. The van der Waals surface area contributed by atoms with E-state index in [1.807, 2.05) is 81.4 Å². The van der Waals surface area contributed by atoms with Crippen LogP contribution in [0.5, 0.6) is 17.2 Å². The van der Waals surface area contributed by atoms with Gasteiger partial charge in [0.1, 0.15) is 18.2 Å². The van der Waals surface area contributed by atoms with E-state index in [1.54, 1.807) is 0 Å². The van der Waals surface area contributed by atoms with E-state index in [1.165, 1.54) is 0 Å². The molecule has 1 aromatic heterocycles. The van der Waals surface area contributed by atoms with Crippen molar-refractivity contribution in [1.82, 2.24) is 14.9 Å². The van der Waals surface area contributed by atoms with E-state index in [0.29, 0.717) is 32.7 Å². The van der Waals surface area contributed by atoms with Gasteiger partial charge in [0.15, 0.2) is 18.1 Å². The zero-order valence-corrected chi connectivity index (χ0v) is 21.1. The van der Waals surface area contributed by atoms with Gasteiger partial charge >= 0.3 is 0 Å². The molecule has 0 radical (unpaired) electrons. The van der Waals surface area contributed by atoms with Crippen LogP contribution in [0.25, 0.3) is 11.0 Å². The molecule has 0 atom stereocenters. The predicted octanol–water partition coefficient (Wildman–Crippen LogP) is 4.87. The number of hydrogen-bond donors (Lipinski definition) is 1. The van der Waals surface area contributed by atoms with Crippen molar-refractivity contribution in [3.8, 4) is 17.2 Å². The highest BCUT2D eigenvalue weighted by molar-refractivity contribution is 5.78. The molecule has 3 aromatic carbocycles. The number of ether oxygens (including phenoxy) is 3. The largest absolute Gasteiger partial charge is 0.490 e. The Kier molecular flexibility index (Phi) is 8.44. The van der Waals surface area contributed by atoms with E-state index in [0.717, 1.165) is 45.2 Å². The van der Waals surface area contributed by atoms with Gasteiger partial charge in [-0.15, -0.1) is 0 Å². The van der Waals surface area contributed by atoms with Crippen molar-refractivity contribution in [2.24, 2.45) is 0 Å². The second-order valence-corrected chi connectivity index (χ2v) is 8.55. The predicted molar refractivity (Wildman–Crippen MR) is 141 cm³/mol. The fourth-order valence-corrected chi connectivity index (χ4v) is 4.03. The summed E-state index contributed by atoms with van der Waals surface area (Å²) in [6.45, 7) is 8.04. The molecule has 0 bridgehead atoms. The first kappa shape index (κ1) is 25.1. The number of para-hydroxylation sites is 4. The molecule has 1 heterocycles. The molecule has 188 valence electrons. The van der Waals surface area contributed by atoms with Crippen LogP contribution in [0.2, 0.25) is 0 Å². The van der Waals surface area contributed by atoms with E-state index in [9.17, 15) is 4.79 Å². The smallest absolute Gasteiger partial charge is 0.257 e. The lowest BCUT2D eigenvalue weighted by Crippen LogP contribution is -2.31. The molecule has 0 spiro atoms. The number of imidazole rings is 1. The number of nitrogens with one attached hydrogen (secondary N) is 1. The Hall–Kier alpha value is -4.00. The molecule has 0 saturated carbocycles. The minimum atomic E-state index is -0.158. The van der Waals surface area contributed by atoms with Gasteiger partial charge < -0.3 is 24.1 Å². The molecule has 0 unspecified atom stereocenters. The average Bonchev–Trinajstić information content (AvgIpc) is 3.23. The number of aromatic nitrogens is 2. The van der Waals surface area contributed by atoms with Gasteiger partial charge in [0.2, 0.25) is 0 Å². The number of aryl methyl sites for hydroxylation is 2. The lowest BCUT2D eigenvalue weighted by Gasteiger charge is -2.14. The van der Waals surface area contributed by atoms with Crippen LogP contribution in [0.1, 0.15) is 23.9 Å². The third-order valence-electron chi connectivity index (χ3n) is 5.83. The van der Waals surface area contributed by atoms with Crippen molar-refractivity contribution in [1.29, 1.82) is 0 Å². The maximum Gasteiger partial charge on any atom is 0.257 e. The Bertz CT molecular complexity index is 1320. The van der Waals surface area contributed by atoms with Gasteiger partial charge in [0.25, 0.3) is 5.91 Å². The lowest BCUT2D eigenvalue weighted by molar-refractivity contribution is -0.123. The molecular weight excluding hydrogens is 454 g/mol. The summed E-state index contributed by atoms with van der Waals surface area (Å²) >= 11 is 0. The standard InChI is InChI=1S/C29H33N3O4/c1-4-34-25-11-7-8-12-26(25)35-18-17-32-24-10-6-5-9-23(24)31-28(32)15-16-30-29(33)20-36-27-19-21(2)13-14-22(27)3/h5-14,19H,4,15-18,20H2,1-3H3,(H,30,33). The normalized spacial score (nSPS) is 10.9. The maximum absolute atomic E-state index is 12.4. The molecule has 0 saturated heterocycles. The van der Waals surface area contributed by atoms with Gasteiger partial charge in [-0.25, -0.2) is 4.98 Å². The lowest BCUT2D eigenvalue weighted by atomic mass is 10.1. The SMILES string of the molecule is CCOc1ccccc1OCCn1c(CCNC(=O)COc2cc(C)ccc2C)nc2ccccc21. The summed E-state index contributed by atoms with van der Waals surface area (Å²) in [5, 5.41) is 2.95. The van der Waals surface area contributed by atoms with Crippen molar-refractivity contribution >= 4 is 16.9 Å². The fourth-order valence-electron chi connectivity index (χ4n) is 4.03. The minimum absolute atomic E-state index is 0.0201. The molecule has 0 aliphatic heterocycles. The molecule has 0 aliphatic rings. The van der Waals surface area contributed by atoms with Crippen LogP contribution in [-0.2, 0) is 17.8 Å². The highest BCUT2D eigenvalue weighted by atomic mass is 16.5. The van der Waals surface area contributed by atoms with Gasteiger partial charge in [-0.1, -0.05) is 36.4 Å². The first-order valence-corrected chi connectivity index (χ1v) is 12.3. The molecule has 36 heavy (non-hydrogen) atoms. The Balaban J connectivity index is 1.35. The van der Waals surface area contributed by atoms with Crippen molar-refractivity contribution in [2.75, 3.05) is 26.4 Å². The molecule has 1 N–H and O–H groups in total. The number of nitrogens with zero attached hydrogens (tertiary/aromatic N) is 2. The number of carbonyl (C=O) groups excluding carboxylic acids is 1. The molecule has 4 rings (SSSR count). The highest BCUT2D eigenvalue weighted by Gasteiger charge is 2.12. The maximum atomic E-state index is 12.4. The Morgan fingerprint density at radius 2 is 1.67 bits per heavy atom. The number of rotatable bonds is 12. The van der Waals surface area contributed by atoms with Crippen LogP contribution in [0.15, 0.2) is 66.7 Å². The van der Waals surface area contributed by atoms with E-state index in [2.05, 4.69) is 16.0 Å². The Labute approximate surface area is 212 Å². The second-order valence-electron chi connectivity index (χ2n) is 8.55.